The molecule has 0 fully saturated rings. The van der Waals surface area contributed by atoms with Crippen molar-refractivity contribution in [1.82, 2.24) is 0 Å². The summed E-state index contributed by atoms with van der Waals surface area (Å²) in [5.41, 5.74) is 2.16. The molecule has 0 radical (unpaired) electrons. The smallest absolute Gasteiger partial charge is 0.0431 e. The summed E-state index contributed by atoms with van der Waals surface area (Å²) in [6.45, 7) is 0. The Kier molecular flexibility index (Phi) is 3.70. The van der Waals surface area contributed by atoms with Crippen molar-refractivity contribution in [3.05, 3.63) is 63.7 Å². The van der Waals surface area contributed by atoms with E-state index in [-0.39, 0.29) is 0 Å². The molecule has 1 atom stereocenters. The van der Waals surface area contributed by atoms with Gasteiger partial charge in [0.05, 0.1) is 0 Å². The maximum atomic E-state index is 11.4. The van der Waals surface area contributed by atoms with E-state index in [1.54, 1.807) is 23.0 Å². The molecule has 0 saturated carbocycles. The van der Waals surface area contributed by atoms with Crippen LogP contribution < -0.4 is 0 Å². The lowest BCUT2D eigenvalue weighted by Gasteiger charge is -2.04. The molecule has 0 aliphatic heterocycles. The van der Waals surface area contributed by atoms with Crippen molar-refractivity contribution in [3.8, 4) is 0 Å². The third kappa shape index (κ3) is 2.68. The second-order valence-corrected chi connectivity index (χ2v) is 5.55. The van der Waals surface area contributed by atoms with E-state index in [0.29, 0.717) is 0 Å². The lowest BCUT2D eigenvalue weighted by molar-refractivity contribution is 0.692. The molecule has 82 valence electrons. The minimum absolute atomic E-state index is 0.936. The van der Waals surface area contributed by atoms with E-state index in [1.807, 2.05) is 41.8 Å². The fraction of sp³-hybridized carbons (Fsp3) is 0.0769. The first-order valence-electron chi connectivity index (χ1n) is 4.91. The predicted molar refractivity (Wildman–Crippen MR) is 71.9 cm³/mol. The zero-order chi connectivity index (χ0) is 11.4. The SMILES string of the molecule is C[S@](=O)/C=C(\c1ccccc1)c1cccs1. The minimum Gasteiger partial charge on any atom is -0.255 e. The zero-order valence-electron chi connectivity index (χ0n) is 8.92. The molecule has 0 saturated heterocycles. The Bertz CT molecular complexity index is 498. The van der Waals surface area contributed by atoms with Gasteiger partial charge in [0.25, 0.3) is 0 Å². The normalized spacial score (nSPS) is 13.7. The second kappa shape index (κ2) is 5.23. The Morgan fingerprint density at radius 3 is 2.50 bits per heavy atom. The van der Waals surface area contributed by atoms with Crippen LogP contribution in [0, 0.1) is 0 Å². The van der Waals surface area contributed by atoms with Crippen LogP contribution in [0.4, 0.5) is 0 Å². The molecule has 2 rings (SSSR count). The molecule has 16 heavy (non-hydrogen) atoms. The van der Waals surface area contributed by atoms with E-state index >= 15 is 0 Å². The highest BCUT2D eigenvalue weighted by molar-refractivity contribution is 7.87. The molecule has 2 aromatic rings. The Morgan fingerprint density at radius 2 is 1.94 bits per heavy atom. The minimum atomic E-state index is -0.936. The van der Waals surface area contributed by atoms with E-state index in [1.165, 1.54) is 0 Å². The molecule has 0 aliphatic carbocycles. The highest BCUT2D eigenvalue weighted by Gasteiger charge is 2.06. The molecular weight excluding hydrogens is 236 g/mol. The molecule has 0 aliphatic rings. The van der Waals surface area contributed by atoms with Crippen LogP contribution in [0.3, 0.4) is 0 Å². The Labute approximate surface area is 102 Å². The van der Waals surface area contributed by atoms with Crippen molar-refractivity contribution >= 4 is 27.7 Å². The lowest BCUT2D eigenvalue weighted by Crippen LogP contribution is -1.87. The van der Waals surface area contributed by atoms with Crippen LogP contribution in [0.15, 0.2) is 53.3 Å². The number of thiophene rings is 1. The van der Waals surface area contributed by atoms with Gasteiger partial charge in [0, 0.05) is 32.9 Å². The number of benzene rings is 1. The van der Waals surface area contributed by atoms with E-state index in [4.69, 9.17) is 0 Å². The van der Waals surface area contributed by atoms with Crippen molar-refractivity contribution < 1.29 is 4.21 Å². The van der Waals surface area contributed by atoms with E-state index in [9.17, 15) is 4.21 Å². The van der Waals surface area contributed by atoms with Crippen molar-refractivity contribution in [3.63, 3.8) is 0 Å². The van der Waals surface area contributed by atoms with Crippen LogP contribution in [0.5, 0.6) is 0 Å². The molecule has 3 heteroatoms. The Morgan fingerprint density at radius 1 is 1.19 bits per heavy atom. The fourth-order valence-electron chi connectivity index (χ4n) is 1.48. The highest BCUT2D eigenvalue weighted by atomic mass is 32.2. The van der Waals surface area contributed by atoms with Gasteiger partial charge in [-0.05, 0) is 17.0 Å². The third-order valence-electron chi connectivity index (χ3n) is 2.16. The third-order valence-corrected chi connectivity index (χ3v) is 3.63. The van der Waals surface area contributed by atoms with Crippen LogP contribution in [-0.4, -0.2) is 10.5 Å². The van der Waals surface area contributed by atoms with Crippen LogP contribution >= 0.6 is 11.3 Å². The van der Waals surface area contributed by atoms with Crippen LogP contribution in [0.25, 0.3) is 5.57 Å². The van der Waals surface area contributed by atoms with Gasteiger partial charge in [0.15, 0.2) is 0 Å². The van der Waals surface area contributed by atoms with Gasteiger partial charge in [0.1, 0.15) is 0 Å². The molecule has 0 unspecified atom stereocenters. The molecule has 1 nitrogen and oxygen atoms in total. The number of hydrogen-bond donors (Lipinski definition) is 0. The first-order valence-corrected chi connectivity index (χ1v) is 7.41. The zero-order valence-corrected chi connectivity index (χ0v) is 10.6. The molecule has 0 bridgehead atoms. The van der Waals surface area contributed by atoms with E-state index in [0.717, 1.165) is 16.0 Å². The monoisotopic (exact) mass is 248 g/mol. The van der Waals surface area contributed by atoms with Gasteiger partial charge in [-0.3, -0.25) is 4.21 Å². The highest BCUT2D eigenvalue weighted by Crippen LogP contribution is 2.27. The van der Waals surface area contributed by atoms with Gasteiger partial charge >= 0.3 is 0 Å². The van der Waals surface area contributed by atoms with Crippen molar-refractivity contribution in [2.45, 2.75) is 0 Å². The molecular formula is C13H12OS2. The van der Waals surface area contributed by atoms with Gasteiger partial charge in [-0.25, -0.2) is 0 Å². The fourth-order valence-corrected chi connectivity index (χ4v) is 2.92. The first-order chi connectivity index (χ1) is 7.77. The number of rotatable bonds is 3. The molecule has 1 aromatic carbocycles. The number of hydrogen-bond acceptors (Lipinski definition) is 2. The molecule has 0 N–H and O–H groups in total. The largest absolute Gasteiger partial charge is 0.255 e. The molecule has 0 amide bonds. The molecule has 1 heterocycles. The van der Waals surface area contributed by atoms with Gasteiger partial charge in [-0.2, -0.15) is 0 Å². The second-order valence-electron chi connectivity index (χ2n) is 3.37. The predicted octanol–water partition coefficient (Wildman–Crippen LogP) is 3.52. The maximum absolute atomic E-state index is 11.4. The van der Waals surface area contributed by atoms with Crippen molar-refractivity contribution in [2.75, 3.05) is 6.26 Å². The van der Waals surface area contributed by atoms with Gasteiger partial charge in [-0.15, -0.1) is 11.3 Å². The quantitative estimate of drug-likeness (QED) is 0.812. The summed E-state index contributed by atoms with van der Waals surface area (Å²) < 4.78 is 11.4. The standard InChI is InChI=1S/C13H12OS2/c1-16(14)10-12(13-8-5-9-15-13)11-6-3-2-4-7-11/h2-10H,1H3/b12-10+/t16-/m0/s1. The Balaban J connectivity index is 2.49. The summed E-state index contributed by atoms with van der Waals surface area (Å²) >= 11 is 1.67. The molecule has 0 spiro atoms. The summed E-state index contributed by atoms with van der Waals surface area (Å²) in [7, 11) is -0.936. The summed E-state index contributed by atoms with van der Waals surface area (Å²) in [6.07, 6.45) is 1.69. The average Bonchev–Trinajstić information content (AvgIpc) is 2.80. The first kappa shape index (κ1) is 11.3. The van der Waals surface area contributed by atoms with Gasteiger partial charge in [-0.1, -0.05) is 36.4 Å². The molecule has 1 aromatic heterocycles. The van der Waals surface area contributed by atoms with Crippen LogP contribution in [0.2, 0.25) is 0 Å². The summed E-state index contributed by atoms with van der Waals surface area (Å²) in [6, 6.07) is 14.1. The van der Waals surface area contributed by atoms with Crippen LogP contribution in [-0.2, 0) is 10.8 Å². The van der Waals surface area contributed by atoms with Crippen molar-refractivity contribution in [2.24, 2.45) is 0 Å². The van der Waals surface area contributed by atoms with Crippen molar-refractivity contribution in [1.29, 1.82) is 0 Å². The average molecular weight is 248 g/mol. The van der Waals surface area contributed by atoms with E-state index < -0.39 is 10.8 Å². The Hall–Kier alpha value is -1.19. The summed E-state index contributed by atoms with van der Waals surface area (Å²) in [5, 5.41) is 3.84. The summed E-state index contributed by atoms with van der Waals surface area (Å²) in [4.78, 5) is 1.15. The van der Waals surface area contributed by atoms with Gasteiger partial charge in [0.2, 0.25) is 0 Å². The lowest BCUT2D eigenvalue weighted by atomic mass is 10.1. The maximum Gasteiger partial charge on any atom is 0.0431 e. The van der Waals surface area contributed by atoms with Crippen LogP contribution in [0.1, 0.15) is 10.4 Å². The summed E-state index contributed by atoms with van der Waals surface area (Å²) in [5.74, 6) is 0. The van der Waals surface area contributed by atoms with Gasteiger partial charge < -0.3 is 0 Å². The van der Waals surface area contributed by atoms with E-state index in [2.05, 4.69) is 6.07 Å². The topological polar surface area (TPSA) is 17.1 Å².